The number of halogens is 1. The molecule has 0 unspecified atom stereocenters. The third-order valence-corrected chi connectivity index (χ3v) is 4.13. The Morgan fingerprint density at radius 3 is 2.78 bits per heavy atom. The van der Waals surface area contributed by atoms with Crippen LogP contribution in [0.2, 0.25) is 5.02 Å². The van der Waals surface area contributed by atoms with Crippen LogP contribution < -0.4 is 4.74 Å². The second-order valence-electron chi connectivity index (χ2n) is 4.84. The van der Waals surface area contributed by atoms with Gasteiger partial charge < -0.3 is 14.2 Å². The van der Waals surface area contributed by atoms with Crippen molar-refractivity contribution in [3.8, 4) is 5.75 Å². The fourth-order valence-corrected chi connectivity index (χ4v) is 2.62. The molecule has 0 aliphatic heterocycles. The first-order valence-corrected chi connectivity index (χ1v) is 8.57. The van der Waals surface area contributed by atoms with Gasteiger partial charge in [0, 0.05) is 19.0 Å². The van der Waals surface area contributed by atoms with Crippen molar-refractivity contribution in [2.75, 3.05) is 26.0 Å². The summed E-state index contributed by atoms with van der Waals surface area (Å²) in [5.41, 5.74) is 0. The van der Waals surface area contributed by atoms with Crippen LogP contribution in [-0.4, -0.2) is 46.9 Å². The van der Waals surface area contributed by atoms with Crippen molar-refractivity contribution in [2.45, 2.75) is 12.7 Å². The molecule has 0 radical (unpaired) electrons. The Bertz CT molecular complexity index is 633. The van der Waals surface area contributed by atoms with Crippen molar-refractivity contribution >= 4 is 29.3 Å². The molecule has 0 fully saturated rings. The molecule has 0 saturated carbocycles. The van der Waals surface area contributed by atoms with E-state index in [-0.39, 0.29) is 5.91 Å². The molecule has 124 valence electrons. The number of aryl methyl sites for hydroxylation is 1. The van der Waals surface area contributed by atoms with E-state index in [0.717, 1.165) is 5.75 Å². The number of nitrogens with zero attached hydrogens (tertiary/aromatic N) is 3. The van der Waals surface area contributed by atoms with E-state index in [1.807, 2.05) is 0 Å². The minimum absolute atomic E-state index is 0.0370. The van der Waals surface area contributed by atoms with Crippen LogP contribution in [0.1, 0.15) is 11.7 Å². The van der Waals surface area contributed by atoms with E-state index in [1.165, 1.54) is 11.8 Å². The number of thioether (sulfide) groups is 1. The van der Waals surface area contributed by atoms with Gasteiger partial charge in [-0.2, -0.15) is 4.98 Å². The molecule has 0 aliphatic rings. The highest BCUT2D eigenvalue weighted by Gasteiger charge is 2.10. The fourth-order valence-electron chi connectivity index (χ4n) is 1.70. The molecule has 1 amide bonds. The summed E-state index contributed by atoms with van der Waals surface area (Å²) >= 11 is 7.26. The molecule has 1 aromatic heterocycles. The Balaban J connectivity index is 1.63. The smallest absolute Gasteiger partial charge is 0.232 e. The van der Waals surface area contributed by atoms with Crippen molar-refractivity contribution in [3.05, 3.63) is 41.0 Å². The van der Waals surface area contributed by atoms with Gasteiger partial charge >= 0.3 is 0 Å². The number of hydrogen-bond acceptors (Lipinski definition) is 6. The first kappa shape index (κ1) is 17.6. The lowest BCUT2D eigenvalue weighted by Gasteiger charge is -2.17. The van der Waals surface area contributed by atoms with Crippen molar-refractivity contribution < 1.29 is 14.1 Å². The van der Waals surface area contributed by atoms with Crippen LogP contribution in [0.15, 0.2) is 28.8 Å². The standard InChI is InChI=1S/C15H18ClN3O3S/c1-11-17-14(18-22-11)9-23-10-15(20)19(2)7-8-21-13-5-3-12(16)4-6-13/h3-6H,7-10H2,1-2H3. The van der Waals surface area contributed by atoms with Crippen LogP contribution in [0, 0.1) is 6.92 Å². The van der Waals surface area contributed by atoms with Crippen molar-refractivity contribution in [3.63, 3.8) is 0 Å². The Morgan fingerprint density at radius 2 is 2.13 bits per heavy atom. The van der Waals surface area contributed by atoms with Crippen LogP contribution in [0.4, 0.5) is 0 Å². The lowest BCUT2D eigenvalue weighted by Crippen LogP contribution is -2.32. The Morgan fingerprint density at radius 1 is 1.39 bits per heavy atom. The van der Waals surface area contributed by atoms with E-state index in [1.54, 1.807) is 43.1 Å². The van der Waals surface area contributed by atoms with Gasteiger partial charge in [0.15, 0.2) is 5.82 Å². The van der Waals surface area contributed by atoms with Crippen LogP contribution in [-0.2, 0) is 10.5 Å². The molecule has 8 heteroatoms. The second-order valence-corrected chi connectivity index (χ2v) is 6.26. The lowest BCUT2D eigenvalue weighted by atomic mass is 10.3. The van der Waals surface area contributed by atoms with E-state index in [9.17, 15) is 4.79 Å². The molecule has 2 aromatic rings. The minimum Gasteiger partial charge on any atom is -0.492 e. The molecule has 0 saturated heterocycles. The number of rotatable bonds is 8. The number of benzene rings is 1. The number of likely N-dealkylation sites (N-methyl/N-ethyl adjacent to an activating group) is 1. The van der Waals surface area contributed by atoms with E-state index in [2.05, 4.69) is 10.1 Å². The molecule has 2 rings (SSSR count). The lowest BCUT2D eigenvalue weighted by molar-refractivity contribution is -0.127. The zero-order valence-electron chi connectivity index (χ0n) is 13.0. The molecule has 6 nitrogen and oxygen atoms in total. The van der Waals surface area contributed by atoms with Gasteiger partial charge in [0.05, 0.1) is 18.1 Å². The normalized spacial score (nSPS) is 10.6. The number of carbonyl (C=O) groups is 1. The van der Waals surface area contributed by atoms with Gasteiger partial charge in [-0.15, -0.1) is 11.8 Å². The summed E-state index contributed by atoms with van der Waals surface area (Å²) in [5, 5.41) is 4.45. The zero-order valence-corrected chi connectivity index (χ0v) is 14.6. The number of aromatic nitrogens is 2. The SMILES string of the molecule is Cc1nc(CSCC(=O)N(C)CCOc2ccc(Cl)cc2)no1. The molecule has 0 aliphatic carbocycles. The summed E-state index contributed by atoms with van der Waals surface area (Å²) in [6.45, 7) is 2.68. The van der Waals surface area contributed by atoms with E-state index in [4.69, 9.17) is 20.9 Å². The Hall–Kier alpha value is -1.73. The highest BCUT2D eigenvalue weighted by Crippen LogP contribution is 2.15. The predicted molar refractivity (Wildman–Crippen MR) is 89.8 cm³/mol. The van der Waals surface area contributed by atoms with Gasteiger partial charge in [0.2, 0.25) is 11.8 Å². The summed E-state index contributed by atoms with van der Waals surface area (Å²) in [7, 11) is 1.76. The minimum atomic E-state index is 0.0370. The van der Waals surface area contributed by atoms with E-state index in [0.29, 0.717) is 41.4 Å². The van der Waals surface area contributed by atoms with Gasteiger partial charge in [-0.25, -0.2) is 0 Å². The maximum absolute atomic E-state index is 12.0. The van der Waals surface area contributed by atoms with Crippen molar-refractivity contribution in [1.82, 2.24) is 15.0 Å². The van der Waals surface area contributed by atoms with Crippen molar-refractivity contribution in [2.24, 2.45) is 0 Å². The highest BCUT2D eigenvalue weighted by molar-refractivity contribution is 7.99. The van der Waals surface area contributed by atoms with E-state index >= 15 is 0 Å². The topological polar surface area (TPSA) is 68.5 Å². The Kier molecular flexibility index (Phi) is 6.73. The summed E-state index contributed by atoms with van der Waals surface area (Å²) in [5.74, 6) is 2.83. The van der Waals surface area contributed by atoms with Gasteiger partial charge in [0.25, 0.3) is 0 Å². The summed E-state index contributed by atoms with van der Waals surface area (Å²) in [4.78, 5) is 17.7. The molecule has 0 bridgehead atoms. The number of amides is 1. The largest absolute Gasteiger partial charge is 0.492 e. The molecule has 23 heavy (non-hydrogen) atoms. The average molecular weight is 356 g/mol. The molecular weight excluding hydrogens is 338 g/mol. The molecule has 1 heterocycles. The number of hydrogen-bond donors (Lipinski definition) is 0. The maximum Gasteiger partial charge on any atom is 0.232 e. The van der Waals surface area contributed by atoms with Crippen LogP contribution in [0.25, 0.3) is 0 Å². The van der Waals surface area contributed by atoms with Gasteiger partial charge in [-0.3, -0.25) is 4.79 Å². The van der Waals surface area contributed by atoms with Crippen LogP contribution >= 0.6 is 23.4 Å². The van der Waals surface area contributed by atoms with Crippen LogP contribution in [0.3, 0.4) is 0 Å². The molecule has 0 spiro atoms. The third-order valence-electron chi connectivity index (χ3n) is 2.96. The quantitative estimate of drug-likeness (QED) is 0.725. The van der Waals surface area contributed by atoms with Crippen LogP contribution in [0.5, 0.6) is 5.75 Å². The number of carbonyl (C=O) groups excluding carboxylic acids is 1. The first-order chi connectivity index (χ1) is 11.0. The number of ether oxygens (including phenoxy) is 1. The fraction of sp³-hybridized carbons (Fsp3) is 0.400. The summed E-state index contributed by atoms with van der Waals surface area (Å²) in [6.07, 6.45) is 0. The maximum atomic E-state index is 12.0. The van der Waals surface area contributed by atoms with Crippen molar-refractivity contribution in [1.29, 1.82) is 0 Å². The monoisotopic (exact) mass is 355 g/mol. The Labute approximate surface area is 144 Å². The molecule has 0 atom stereocenters. The third kappa shape index (κ3) is 6.11. The summed E-state index contributed by atoms with van der Waals surface area (Å²) in [6, 6.07) is 7.13. The molecular formula is C15H18ClN3O3S. The highest BCUT2D eigenvalue weighted by atomic mass is 35.5. The second kappa shape index (κ2) is 8.79. The zero-order chi connectivity index (χ0) is 16.7. The first-order valence-electron chi connectivity index (χ1n) is 7.04. The van der Waals surface area contributed by atoms with Gasteiger partial charge in [-0.05, 0) is 24.3 Å². The molecule has 0 N–H and O–H groups in total. The summed E-state index contributed by atoms with van der Waals surface area (Å²) < 4.78 is 10.4. The molecule has 1 aromatic carbocycles. The van der Waals surface area contributed by atoms with Gasteiger partial charge in [-0.1, -0.05) is 16.8 Å². The van der Waals surface area contributed by atoms with Gasteiger partial charge in [0.1, 0.15) is 12.4 Å². The average Bonchev–Trinajstić information content (AvgIpc) is 2.94. The van der Waals surface area contributed by atoms with E-state index < -0.39 is 0 Å². The predicted octanol–water partition coefficient (Wildman–Crippen LogP) is 2.80.